The van der Waals surface area contributed by atoms with Crippen LogP contribution in [0.4, 0.5) is 10.5 Å². The lowest BCUT2D eigenvalue weighted by Gasteiger charge is -2.20. The minimum Gasteiger partial charge on any atom is -0.372 e. The van der Waals surface area contributed by atoms with Crippen molar-refractivity contribution in [3.05, 3.63) is 41.5 Å². The summed E-state index contributed by atoms with van der Waals surface area (Å²) in [5.74, 6) is 0.950. The van der Waals surface area contributed by atoms with Crippen molar-refractivity contribution in [3.63, 3.8) is 0 Å². The number of urea groups is 1. The second-order valence-corrected chi connectivity index (χ2v) is 6.07. The number of anilines is 1. The van der Waals surface area contributed by atoms with Gasteiger partial charge >= 0.3 is 6.03 Å². The zero-order valence-electron chi connectivity index (χ0n) is 14.1. The van der Waals surface area contributed by atoms with E-state index in [1.807, 2.05) is 19.1 Å². The predicted molar refractivity (Wildman–Crippen MR) is 90.7 cm³/mol. The molecule has 0 saturated carbocycles. The highest BCUT2D eigenvalue weighted by molar-refractivity contribution is 5.74. The second-order valence-electron chi connectivity index (χ2n) is 6.07. The van der Waals surface area contributed by atoms with Crippen LogP contribution < -0.4 is 15.5 Å². The number of hydrogen-bond donors (Lipinski definition) is 2. The Hall–Kier alpha value is -2.57. The smallest absolute Gasteiger partial charge is 0.315 e. The van der Waals surface area contributed by atoms with Crippen molar-refractivity contribution in [3.8, 4) is 0 Å². The number of benzene rings is 1. The fourth-order valence-corrected chi connectivity index (χ4v) is 2.86. The minimum atomic E-state index is -0.259. The highest BCUT2D eigenvalue weighted by Crippen LogP contribution is 2.23. The molecule has 0 unspecified atom stereocenters. The molecular formula is C17H23N5O2. The van der Waals surface area contributed by atoms with Gasteiger partial charge in [-0.3, -0.25) is 0 Å². The molecule has 2 amide bonds. The van der Waals surface area contributed by atoms with E-state index in [-0.39, 0.29) is 18.6 Å². The van der Waals surface area contributed by atoms with E-state index in [9.17, 15) is 4.79 Å². The third-order valence-electron chi connectivity index (χ3n) is 4.16. The zero-order valence-corrected chi connectivity index (χ0v) is 14.1. The number of carbonyl (C=O) groups is 1. The van der Waals surface area contributed by atoms with Crippen LogP contribution in [0.3, 0.4) is 0 Å². The van der Waals surface area contributed by atoms with Crippen LogP contribution in [0.25, 0.3) is 0 Å². The number of aromatic nitrogens is 2. The summed E-state index contributed by atoms with van der Waals surface area (Å²) >= 11 is 0. The maximum absolute atomic E-state index is 12.0. The first-order valence-corrected chi connectivity index (χ1v) is 8.30. The van der Waals surface area contributed by atoms with Gasteiger partial charge in [0, 0.05) is 18.8 Å². The normalized spacial score (nSPS) is 15.3. The van der Waals surface area contributed by atoms with Crippen LogP contribution in [0.1, 0.15) is 43.1 Å². The van der Waals surface area contributed by atoms with Crippen LogP contribution in [0.15, 0.2) is 28.8 Å². The molecule has 1 aromatic heterocycles. The molecular weight excluding hydrogens is 306 g/mol. The van der Waals surface area contributed by atoms with Crippen LogP contribution in [-0.2, 0) is 6.54 Å². The molecule has 128 valence electrons. The van der Waals surface area contributed by atoms with E-state index in [0.717, 1.165) is 18.7 Å². The third-order valence-corrected chi connectivity index (χ3v) is 4.16. The number of rotatable bonds is 5. The summed E-state index contributed by atoms with van der Waals surface area (Å²) in [4.78, 5) is 18.5. The Balaban J connectivity index is 1.54. The van der Waals surface area contributed by atoms with E-state index in [4.69, 9.17) is 4.52 Å². The van der Waals surface area contributed by atoms with Crippen LogP contribution in [0, 0.1) is 6.92 Å². The molecule has 1 atom stereocenters. The lowest BCUT2D eigenvalue weighted by Crippen LogP contribution is -2.36. The van der Waals surface area contributed by atoms with E-state index in [0.29, 0.717) is 11.7 Å². The van der Waals surface area contributed by atoms with E-state index in [1.165, 1.54) is 18.5 Å². The van der Waals surface area contributed by atoms with Gasteiger partial charge < -0.3 is 20.1 Å². The van der Waals surface area contributed by atoms with Crippen molar-refractivity contribution in [2.75, 3.05) is 18.0 Å². The Labute approximate surface area is 141 Å². The molecule has 2 N–H and O–H groups in total. The summed E-state index contributed by atoms with van der Waals surface area (Å²) in [5, 5.41) is 9.35. The molecule has 7 nitrogen and oxygen atoms in total. The Morgan fingerprint density at radius 2 is 2.17 bits per heavy atom. The van der Waals surface area contributed by atoms with Gasteiger partial charge in [0.1, 0.15) is 0 Å². The average Bonchev–Trinajstić information content (AvgIpc) is 3.24. The lowest BCUT2D eigenvalue weighted by molar-refractivity contribution is 0.235. The van der Waals surface area contributed by atoms with Crippen LogP contribution in [0.5, 0.6) is 0 Å². The number of nitrogens with one attached hydrogen (secondary N) is 2. The molecule has 7 heteroatoms. The number of carbonyl (C=O) groups excluding carboxylic acids is 1. The molecule has 3 rings (SSSR count). The summed E-state index contributed by atoms with van der Waals surface area (Å²) in [7, 11) is 0. The first kappa shape index (κ1) is 16.3. The van der Waals surface area contributed by atoms with Crippen molar-refractivity contribution < 1.29 is 9.32 Å². The summed E-state index contributed by atoms with van der Waals surface area (Å²) in [6.45, 7) is 6.14. The fraction of sp³-hybridized carbons (Fsp3) is 0.471. The molecule has 1 fully saturated rings. The fourth-order valence-electron chi connectivity index (χ4n) is 2.86. The molecule has 0 radical (unpaired) electrons. The largest absolute Gasteiger partial charge is 0.372 e. The molecule has 1 aliphatic heterocycles. The number of amides is 2. The van der Waals surface area contributed by atoms with E-state index < -0.39 is 0 Å². The third kappa shape index (κ3) is 4.04. The molecule has 0 spiro atoms. The Morgan fingerprint density at radius 1 is 1.38 bits per heavy atom. The SMILES string of the molecule is Cc1noc(CNC(=O)N[C@H](C)c2cccc(N3CCCC3)c2)n1. The van der Waals surface area contributed by atoms with Gasteiger partial charge in [-0.2, -0.15) is 4.98 Å². The number of nitrogens with zero attached hydrogens (tertiary/aromatic N) is 3. The summed E-state index contributed by atoms with van der Waals surface area (Å²) in [6, 6.07) is 8.01. The average molecular weight is 329 g/mol. The molecule has 1 saturated heterocycles. The molecule has 2 heterocycles. The van der Waals surface area contributed by atoms with E-state index >= 15 is 0 Å². The van der Waals surface area contributed by atoms with Crippen molar-refractivity contribution in [2.45, 2.75) is 39.3 Å². The van der Waals surface area contributed by atoms with Gasteiger partial charge in [0.05, 0.1) is 12.6 Å². The molecule has 0 aliphatic carbocycles. The first-order valence-electron chi connectivity index (χ1n) is 8.30. The van der Waals surface area contributed by atoms with Crippen LogP contribution in [-0.4, -0.2) is 29.3 Å². The van der Waals surface area contributed by atoms with Crippen molar-refractivity contribution in [1.29, 1.82) is 0 Å². The van der Waals surface area contributed by atoms with Gasteiger partial charge in [0.15, 0.2) is 5.82 Å². The first-order chi connectivity index (χ1) is 11.6. The Morgan fingerprint density at radius 3 is 2.88 bits per heavy atom. The van der Waals surface area contributed by atoms with Crippen LogP contribution >= 0.6 is 0 Å². The maximum atomic E-state index is 12.0. The van der Waals surface area contributed by atoms with Gasteiger partial charge in [-0.25, -0.2) is 4.79 Å². The van der Waals surface area contributed by atoms with E-state index in [2.05, 4.69) is 37.8 Å². The van der Waals surface area contributed by atoms with Crippen molar-refractivity contribution >= 4 is 11.7 Å². The van der Waals surface area contributed by atoms with Gasteiger partial charge in [-0.05, 0) is 44.4 Å². The summed E-state index contributed by atoms with van der Waals surface area (Å²) < 4.78 is 4.97. The highest BCUT2D eigenvalue weighted by Gasteiger charge is 2.15. The van der Waals surface area contributed by atoms with Gasteiger partial charge in [-0.15, -0.1) is 0 Å². The van der Waals surface area contributed by atoms with Gasteiger partial charge in [0.2, 0.25) is 5.89 Å². The topological polar surface area (TPSA) is 83.3 Å². The van der Waals surface area contributed by atoms with Crippen LogP contribution in [0.2, 0.25) is 0 Å². The molecule has 2 aromatic rings. The maximum Gasteiger partial charge on any atom is 0.315 e. The van der Waals surface area contributed by atoms with Crippen molar-refractivity contribution in [1.82, 2.24) is 20.8 Å². The summed E-state index contributed by atoms with van der Waals surface area (Å²) in [5.41, 5.74) is 2.31. The lowest BCUT2D eigenvalue weighted by atomic mass is 10.1. The number of aryl methyl sites for hydroxylation is 1. The number of hydrogen-bond acceptors (Lipinski definition) is 5. The van der Waals surface area contributed by atoms with E-state index in [1.54, 1.807) is 6.92 Å². The highest BCUT2D eigenvalue weighted by atomic mass is 16.5. The second kappa shape index (κ2) is 7.33. The quantitative estimate of drug-likeness (QED) is 0.881. The molecule has 1 aromatic carbocycles. The predicted octanol–water partition coefficient (Wildman–Crippen LogP) is 2.54. The molecule has 1 aliphatic rings. The minimum absolute atomic E-state index is 0.0861. The molecule has 0 bridgehead atoms. The Kier molecular flexibility index (Phi) is 4.98. The zero-order chi connectivity index (χ0) is 16.9. The monoisotopic (exact) mass is 329 g/mol. The van der Waals surface area contributed by atoms with Gasteiger partial charge in [-0.1, -0.05) is 17.3 Å². The standard InChI is InChI=1S/C17H23N5O2/c1-12(19-17(23)18-11-16-20-13(2)21-24-16)14-6-5-7-15(10-14)22-8-3-4-9-22/h5-7,10,12H,3-4,8-9,11H2,1-2H3,(H2,18,19,23)/t12-/m1/s1. The summed E-state index contributed by atoms with van der Waals surface area (Å²) in [6.07, 6.45) is 2.49. The Bertz CT molecular complexity index is 694. The van der Waals surface area contributed by atoms with Crippen molar-refractivity contribution in [2.24, 2.45) is 0 Å². The molecule has 24 heavy (non-hydrogen) atoms. The van der Waals surface area contributed by atoms with Gasteiger partial charge in [0.25, 0.3) is 0 Å².